The fourth-order valence-electron chi connectivity index (χ4n) is 3.16. The van der Waals surface area contributed by atoms with Gasteiger partial charge in [0.05, 0.1) is 4.88 Å². The zero-order valence-corrected chi connectivity index (χ0v) is 16.8. The first-order valence-corrected chi connectivity index (χ1v) is 10.2. The van der Waals surface area contributed by atoms with Gasteiger partial charge in [-0.15, -0.1) is 16.4 Å². The van der Waals surface area contributed by atoms with E-state index in [-0.39, 0.29) is 11.5 Å². The molecule has 4 heterocycles. The molecule has 1 amide bonds. The van der Waals surface area contributed by atoms with Crippen molar-refractivity contribution in [2.45, 2.75) is 19.4 Å². The van der Waals surface area contributed by atoms with E-state index in [2.05, 4.69) is 31.1 Å². The molecule has 0 spiro atoms. The molecule has 27 heavy (non-hydrogen) atoms. The highest BCUT2D eigenvalue weighted by molar-refractivity contribution is 9.10. The minimum atomic E-state index is -0.138. The molecular formula is C17H17BrN6O2S. The van der Waals surface area contributed by atoms with Gasteiger partial charge in [-0.05, 0) is 46.8 Å². The van der Waals surface area contributed by atoms with Crippen LogP contribution in [0.15, 0.2) is 45.5 Å². The largest absolute Gasteiger partial charge is 0.338 e. The summed E-state index contributed by atoms with van der Waals surface area (Å²) in [5, 5.41) is 10.4. The summed E-state index contributed by atoms with van der Waals surface area (Å²) in [4.78, 5) is 31.2. The molecule has 0 aromatic carbocycles. The smallest absolute Gasteiger partial charge is 0.266 e. The Morgan fingerprint density at radius 3 is 2.78 bits per heavy atom. The number of rotatable bonds is 4. The summed E-state index contributed by atoms with van der Waals surface area (Å²) >= 11 is 4.84. The lowest BCUT2D eigenvalue weighted by molar-refractivity contribution is 0.0685. The number of amides is 1. The van der Waals surface area contributed by atoms with Crippen molar-refractivity contribution in [3.05, 3.63) is 55.9 Å². The van der Waals surface area contributed by atoms with Crippen molar-refractivity contribution in [2.24, 2.45) is 5.92 Å². The summed E-state index contributed by atoms with van der Waals surface area (Å²) in [7, 11) is 0. The van der Waals surface area contributed by atoms with E-state index >= 15 is 0 Å². The Bertz CT molecular complexity index is 991. The third-order valence-electron chi connectivity index (χ3n) is 4.62. The first kappa shape index (κ1) is 18.1. The van der Waals surface area contributed by atoms with Crippen LogP contribution in [-0.2, 0) is 6.54 Å². The second kappa shape index (κ2) is 7.73. The number of piperidine rings is 1. The van der Waals surface area contributed by atoms with Crippen LogP contribution in [0, 0.1) is 5.92 Å². The number of aromatic nitrogens is 5. The van der Waals surface area contributed by atoms with Gasteiger partial charge in [0.1, 0.15) is 12.7 Å². The van der Waals surface area contributed by atoms with E-state index in [0.29, 0.717) is 31.4 Å². The Morgan fingerprint density at radius 2 is 2.11 bits per heavy atom. The maximum Gasteiger partial charge on any atom is 0.266 e. The van der Waals surface area contributed by atoms with Crippen molar-refractivity contribution in [3.8, 4) is 5.82 Å². The monoisotopic (exact) mass is 448 g/mol. The summed E-state index contributed by atoms with van der Waals surface area (Å²) < 4.78 is 3.94. The van der Waals surface area contributed by atoms with Crippen molar-refractivity contribution < 1.29 is 4.79 Å². The molecule has 10 heteroatoms. The summed E-state index contributed by atoms with van der Waals surface area (Å²) in [5.41, 5.74) is -0.138. The molecule has 1 saturated heterocycles. The number of hydrogen-bond acceptors (Lipinski definition) is 6. The predicted molar refractivity (Wildman–Crippen MR) is 104 cm³/mol. The van der Waals surface area contributed by atoms with Gasteiger partial charge in [-0.2, -0.15) is 5.10 Å². The topological polar surface area (TPSA) is 85.9 Å². The van der Waals surface area contributed by atoms with Crippen LogP contribution in [0.5, 0.6) is 0 Å². The van der Waals surface area contributed by atoms with Crippen LogP contribution < -0.4 is 5.56 Å². The maximum atomic E-state index is 12.5. The summed E-state index contributed by atoms with van der Waals surface area (Å²) in [5.74, 6) is 0.941. The Balaban J connectivity index is 1.40. The molecule has 0 atom stereocenters. The Morgan fingerprint density at radius 1 is 1.30 bits per heavy atom. The predicted octanol–water partition coefficient (Wildman–Crippen LogP) is 2.20. The Kier molecular flexibility index (Phi) is 5.17. The molecule has 1 aliphatic heterocycles. The molecule has 3 aromatic heterocycles. The molecule has 0 radical (unpaired) electrons. The molecular weight excluding hydrogens is 432 g/mol. The molecule has 0 N–H and O–H groups in total. The summed E-state index contributed by atoms with van der Waals surface area (Å²) in [6.45, 7) is 1.92. The molecule has 4 rings (SSSR count). The third kappa shape index (κ3) is 4.01. The van der Waals surface area contributed by atoms with Crippen molar-refractivity contribution in [1.82, 2.24) is 29.4 Å². The van der Waals surface area contributed by atoms with Gasteiger partial charge in [0.15, 0.2) is 5.82 Å². The van der Waals surface area contributed by atoms with E-state index in [0.717, 1.165) is 22.2 Å². The minimum absolute atomic E-state index is 0.0765. The first-order valence-electron chi connectivity index (χ1n) is 8.56. The van der Waals surface area contributed by atoms with Crippen LogP contribution in [0.2, 0.25) is 0 Å². The lowest BCUT2D eigenvalue weighted by atomic mass is 9.96. The second-order valence-corrected chi connectivity index (χ2v) is 8.24. The van der Waals surface area contributed by atoms with Gasteiger partial charge < -0.3 is 4.90 Å². The fraction of sp³-hybridized carbons (Fsp3) is 0.353. The normalized spacial score (nSPS) is 15.2. The van der Waals surface area contributed by atoms with Gasteiger partial charge >= 0.3 is 0 Å². The van der Waals surface area contributed by atoms with Crippen LogP contribution in [0.4, 0.5) is 0 Å². The fourth-order valence-corrected chi connectivity index (χ4v) is 4.56. The van der Waals surface area contributed by atoms with E-state index in [1.54, 1.807) is 12.4 Å². The van der Waals surface area contributed by atoms with Gasteiger partial charge in [0, 0.05) is 35.6 Å². The van der Waals surface area contributed by atoms with Crippen LogP contribution in [0.1, 0.15) is 22.5 Å². The first-order chi connectivity index (χ1) is 13.1. The number of nitrogens with zero attached hydrogens (tertiary/aromatic N) is 6. The molecule has 8 nitrogen and oxygen atoms in total. The highest BCUT2D eigenvalue weighted by Gasteiger charge is 2.25. The zero-order chi connectivity index (χ0) is 18.8. The maximum absolute atomic E-state index is 12.5. The van der Waals surface area contributed by atoms with Crippen molar-refractivity contribution in [3.63, 3.8) is 0 Å². The van der Waals surface area contributed by atoms with Gasteiger partial charge in [0.25, 0.3) is 11.5 Å². The van der Waals surface area contributed by atoms with Gasteiger partial charge in [-0.25, -0.2) is 14.3 Å². The minimum Gasteiger partial charge on any atom is -0.338 e. The second-order valence-electron chi connectivity index (χ2n) is 6.42. The quantitative estimate of drug-likeness (QED) is 0.610. The lowest BCUT2D eigenvalue weighted by Crippen LogP contribution is -2.40. The average molecular weight is 449 g/mol. The number of carbonyl (C=O) groups excluding carboxylic acids is 1. The number of hydrogen-bond donors (Lipinski definition) is 0. The standard InChI is InChI=1S/C17H17BrN6O2S/c18-13-7-14(27-9-13)17(26)22-5-3-12(4-6-22)8-23-16(25)2-1-15(21-23)24-11-19-10-20-24/h1-2,7,9-12H,3-6,8H2. The number of carbonyl (C=O) groups is 1. The zero-order valence-electron chi connectivity index (χ0n) is 14.4. The van der Waals surface area contributed by atoms with E-state index in [1.807, 2.05) is 16.3 Å². The van der Waals surface area contributed by atoms with Crippen LogP contribution in [-0.4, -0.2) is 48.4 Å². The third-order valence-corrected chi connectivity index (χ3v) is 6.30. The Labute approximate surface area is 167 Å². The molecule has 3 aromatic rings. The van der Waals surface area contributed by atoms with E-state index in [4.69, 9.17) is 0 Å². The Hall–Kier alpha value is -2.33. The van der Waals surface area contributed by atoms with Gasteiger partial charge in [0.2, 0.25) is 0 Å². The van der Waals surface area contributed by atoms with Crippen molar-refractivity contribution >= 4 is 33.2 Å². The average Bonchev–Trinajstić information content (AvgIpc) is 3.35. The molecule has 0 unspecified atom stereocenters. The molecule has 1 aliphatic rings. The van der Waals surface area contributed by atoms with Crippen LogP contribution in [0.25, 0.3) is 5.82 Å². The summed E-state index contributed by atoms with van der Waals surface area (Å²) in [6, 6.07) is 4.99. The van der Waals surface area contributed by atoms with Gasteiger partial charge in [-0.3, -0.25) is 9.59 Å². The summed E-state index contributed by atoms with van der Waals surface area (Å²) in [6.07, 6.45) is 4.67. The molecule has 0 aliphatic carbocycles. The molecule has 0 saturated carbocycles. The van der Waals surface area contributed by atoms with E-state index < -0.39 is 0 Å². The highest BCUT2D eigenvalue weighted by Crippen LogP contribution is 2.24. The van der Waals surface area contributed by atoms with Crippen molar-refractivity contribution in [2.75, 3.05) is 13.1 Å². The SMILES string of the molecule is O=C(c1cc(Br)cs1)N1CCC(Cn2nc(-n3cncn3)ccc2=O)CC1. The van der Waals surface area contributed by atoms with Crippen molar-refractivity contribution in [1.29, 1.82) is 0 Å². The molecule has 140 valence electrons. The number of thiophene rings is 1. The highest BCUT2D eigenvalue weighted by atomic mass is 79.9. The molecule has 1 fully saturated rings. The van der Waals surface area contributed by atoms with Crippen LogP contribution >= 0.6 is 27.3 Å². The number of halogens is 1. The molecule has 0 bridgehead atoms. The van der Waals surface area contributed by atoms with Gasteiger partial charge in [-0.1, -0.05) is 0 Å². The van der Waals surface area contributed by atoms with E-state index in [9.17, 15) is 9.59 Å². The van der Waals surface area contributed by atoms with Crippen LogP contribution in [0.3, 0.4) is 0 Å². The lowest BCUT2D eigenvalue weighted by Gasteiger charge is -2.31. The van der Waals surface area contributed by atoms with E-state index in [1.165, 1.54) is 33.1 Å². The number of likely N-dealkylation sites (tertiary alicyclic amines) is 1.